The molecular weight excluding hydrogens is 412 g/mol. The fraction of sp³-hybridized carbons (Fsp3) is 0.381. The highest BCUT2D eigenvalue weighted by atomic mass is 79.9. The first-order valence-corrected chi connectivity index (χ1v) is 9.75. The van der Waals surface area contributed by atoms with Gasteiger partial charge in [-0.15, -0.1) is 0 Å². The summed E-state index contributed by atoms with van der Waals surface area (Å²) < 4.78 is 23.6. The molecule has 0 radical (unpaired) electrons. The van der Waals surface area contributed by atoms with E-state index in [0.29, 0.717) is 48.4 Å². The SMILES string of the molecule is CCOc1cc(C(=O)Oc2c(C)cc(Br)cc2C)cc(OCC)c1OCC. The van der Waals surface area contributed by atoms with E-state index >= 15 is 0 Å². The largest absolute Gasteiger partial charge is 0.490 e. The topological polar surface area (TPSA) is 54.0 Å². The third kappa shape index (κ3) is 5.16. The molecule has 2 aromatic rings. The molecule has 0 saturated carbocycles. The molecule has 2 aromatic carbocycles. The number of esters is 1. The lowest BCUT2D eigenvalue weighted by atomic mass is 10.1. The maximum atomic E-state index is 12.8. The molecule has 0 fully saturated rings. The first-order chi connectivity index (χ1) is 12.9. The summed E-state index contributed by atoms with van der Waals surface area (Å²) in [4.78, 5) is 12.8. The van der Waals surface area contributed by atoms with Crippen LogP contribution in [-0.2, 0) is 0 Å². The van der Waals surface area contributed by atoms with Crippen molar-refractivity contribution in [1.29, 1.82) is 0 Å². The Morgan fingerprint density at radius 3 is 1.74 bits per heavy atom. The summed E-state index contributed by atoms with van der Waals surface area (Å²) >= 11 is 3.45. The van der Waals surface area contributed by atoms with E-state index in [1.807, 2.05) is 46.8 Å². The molecule has 146 valence electrons. The van der Waals surface area contributed by atoms with Crippen molar-refractivity contribution in [3.8, 4) is 23.0 Å². The van der Waals surface area contributed by atoms with E-state index in [1.54, 1.807) is 12.1 Å². The number of benzene rings is 2. The fourth-order valence-electron chi connectivity index (χ4n) is 2.72. The van der Waals surface area contributed by atoms with Gasteiger partial charge in [-0.25, -0.2) is 4.79 Å². The lowest BCUT2D eigenvalue weighted by Gasteiger charge is -2.17. The Kier molecular flexibility index (Phi) is 7.54. The van der Waals surface area contributed by atoms with Crippen molar-refractivity contribution in [3.63, 3.8) is 0 Å². The molecule has 0 heterocycles. The minimum absolute atomic E-state index is 0.340. The van der Waals surface area contributed by atoms with Crippen LogP contribution in [0.25, 0.3) is 0 Å². The monoisotopic (exact) mass is 436 g/mol. The van der Waals surface area contributed by atoms with Crippen molar-refractivity contribution in [3.05, 3.63) is 45.4 Å². The highest BCUT2D eigenvalue weighted by molar-refractivity contribution is 9.10. The van der Waals surface area contributed by atoms with Gasteiger partial charge in [0.1, 0.15) is 5.75 Å². The normalized spacial score (nSPS) is 10.4. The number of carbonyl (C=O) groups is 1. The maximum absolute atomic E-state index is 12.8. The first-order valence-electron chi connectivity index (χ1n) is 8.96. The summed E-state index contributed by atoms with van der Waals surface area (Å²) in [5.41, 5.74) is 2.08. The van der Waals surface area contributed by atoms with E-state index in [2.05, 4.69) is 15.9 Å². The standard InChI is InChI=1S/C21H25BrO5/c1-6-24-17-11-15(12-18(25-7-2)20(17)26-8-3)21(23)27-19-13(4)9-16(22)10-14(19)5/h9-12H,6-8H2,1-5H3. The molecular formula is C21H25BrO5. The Bertz CT molecular complexity index is 766. The van der Waals surface area contributed by atoms with Crippen LogP contribution in [0, 0.1) is 13.8 Å². The summed E-state index contributed by atoms with van der Waals surface area (Å²) in [6, 6.07) is 7.07. The Labute approximate surface area is 168 Å². The van der Waals surface area contributed by atoms with Crippen molar-refractivity contribution >= 4 is 21.9 Å². The zero-order valence-corrected chi connectivity index (χ0v) is 17.9. The van der Waals surface area contributed by atoms with Crippen LogP contribution < -0.4 is 18.9 Å². The second-order valence-electron chi connectivity index (χ2n) is 5.86. The maximum Gasteiger partial charge on any atom is 0.343 e. The zero-order chi connectivity index (χ0) is 20.0. The molecule has 0 unspecified atom stereocenters. The van der Waals surface area contributed by atoms with Crippen LogP contribution in [-0.4, -0.2) is 25.8 Å². The first kappa shape index (κ1) is 21.1. The van der Waals surface area contributed by atoms with Crippen molar-refractivity contribution in [2.75, 3.05) is 19.8 Å². The summed E-state index contributed by atoms with van der Waals surface area (Å²) in [7, 11) is 0. The van der Waals surface area contributed by atoms with Crippen LogP contribution in [0.1, 0.15) is 42.3 Å². The molecule has 0 spiro atoms. The Hall–Kier alpha value is -2.21. The average Bonchev–Trinajstić information content (AvgIpc) is 2.60. The second kappa shape index (κ2) is 9.65. The minimum atomic E-state index is -0.478. The van der Waals surface area contributed by atoms with E-state index in [1.165, 1.54) is 0 Å². The van der Waals surface area contributed by atoms with E-state index in [4.69, 9.17) is 18.9 Å². The van der Waals surface area contributed by atoms with Gasteiger partial charge in [-0.3, -0.25) is 0 Å². The highest BCUT2D eigenvalue weighted by Crippen LogP contribution is 2.39. The smallest absolute Gasteiger partial charge is 0.343 e. The van der Waals surface area contributed by atoms with Crippen molar-refractivity contribution in [1.82, 2.24) is 0 Å². The van der Waals surface area contributed by atoms with E-state index in [-0.39, 0.29) is 0 Å². The lowest BCUT2D eigenvalue weighted by Crippen LogP contribution is -2.12. The van der Waals surface area contributed by atoms with Crippen LogP contribution >= 0.6 is 15.9 Å². The Morgan fingerprint density at radius 1 is 0.815 bits per heavy atom. The summed E-state index contributed by atoms with van der Waals surface area (Å²) in [6.07, 6.45) is 0. The number of carbonyl (C=O) groups excluding carboxylic acids is 1. The molecule has 0 atom stereocenters. The third-order valence-corrected chi connectivity index (χ3v) is 4.22. The molecule has 0 aromatic heterocycles. The van der Waals surface area contributed by atoms with Gasteiger partial charge in [-0.2, -0.15) is 0 Å². The van der Waals surface area contributed by atoms with E-state index in [9.17, 15) is 4.79 Å². The molecule has 0 bridgehead atoms. The van der Waals surface area contributed by atoms with Crippen molar-refractivity contribution in [2.45, 2.75) is 34.6 Å². The Balaban J connectivity index is 2.43. The summed E-state index contributed by atoms with van der Waals surface area (Å²) in [5.74, 6) is 1.48. The predicted octanol–water partition coefficient (Wildman–Crippen LogP) is 5.48. The summed E-state index contributed by atoms with van der Waals surface area (Å²) in [6.45, 7) is 10.8. The quantitative estimate of drug-likeness (QED) is 0.404. The van der Waals surface area contributed by atoms with E-state index < -0.39 is 5.97 Å². The third-order valence-electron chi connectivity index (χ3n) is 3.76. The number of halogens is 1. The fourth-order valence-corrected chi connectivity index (χ4v) is 3.40. The van der Waals surface area contributed by atoms with Gasteiger partial charge in [0.2, 0.25) is 5.75 Å². The molecule has 0 N–H and O–H groups in total. The number of aryl methyl sites for hydroxylation is 2. The Morgan fingerprint density at radius 2 is 1.30 bits per heavy atom. The van der Waals surface area contributed by atoms with Gasteiger partial charge in [0, 0.05) is 4.47 Å². The van der Waals surface area contributed by atoms with Gasteiger partial charge < -0.3 is 18.9 Å². The number of ether oxygens (including phenoxy) is 4. The molecule has 27 heavy (non-hydrogen) atoms. The molecule has 2 rings (SSSR count). The van der Waals surface area contributed by atoms with Gasteiger partial charge in [-0.1, -0.05) is 15.9 Å². The molecule has 0 aliphatic carbocycles. The van der Waals surface area contributed by atoms with Crippen LogP contribution in [0.2, 0.25) is 0 Å². The van der Waals surface area contributed by atoms with Crippen molar-refractivity contribution < 1.29 is 23.7 Å². The van der Waals surface area contributed by atoms with Gasteiger partial charge in [-0.05, 0) is 70.0 Å². The second-order valence-corrected chi connectivity index (χ2v) is 6.77. The molecule has 0 amide bonds. The zero-order valence-electron chi connectivity index (χ0n) is 16.3. The number of rotatable bonds is 8. The van der Waals surface area contributed by atoms with Crippen LogP contribution in [0.4, 0.5) is 0 Å². The summed E-state index contributed by atoms with van der Waals surface area (Å²) in [5, 5.41) is 0. The molecule has 6 heteroatoms. The van der Waals surface area contributed by atoms with Gasteiger partial charge in [0.25, 0.3) is 0 Å². The van der Waals surface area contributed by atoms with Gasteiger partial charge in [0.15, 0.2) is 11.5 Å². The molecule has 0 aliphatic rings. The predicted molar refractivity (Wildman–Crippen MR) is 109 cm³/mol. The molecule has 5 nitrogen and oxygen atoms in total. The average molecular weight is 437 g/mol. The lowest BCUT2D eigenvalue weighted by molar-refractivity contribution is 0.0731. The van der Waals surface area contributed by atoms with Gasteiger partial charge in [0.05, 0.1) is 25.4 Å². The number of hydrogen-bond donors (Lipinski definition) is 0. The molecule has 0 aliphatic heterocycles. The minimum Gasteiger partial charge on any atom is -0.490 e. The molecule has 0 saturated heterocycles. The van der Waals surface area contributed by atoms with Crippen molar-refractivity contribution in [2.24, 2.45) is 0 Å². The number of hydrogen-bond acceptors (Lipinski definition) is 5. The highest BCUT2D eigenvalue weighted by Gasteiger charge is 2.20. The van der Waals surface area contributed by atoms with E-state index in [0.717, 1.165) is 15.6 Å². The van der Waals surface area contributed by atoms with Gasteiger partial charge >= 0.3 is 5.97 Å². The van der Waals surface area contributed by atoms with Crippen LogP contribution in [0.5, 0.6) is 23.0 Å². The van der Waals surface area contributed by atoms with Crippen LogP contribution in [0.3, 0.4) is 0 Å². The van der Waals surface area contributed by atoms with Crippen LogP contribution in [0.15, 0.2) is 28.7 Å².